The van der Waals surface area contributed by atoms with Crippen LogP contribution in [0, 0.1) is 16.7 Å². The molecule has 0 bridgehead atoms. The van der Waals surface area contributed by atoms with Crippen LogP contribution in [0.1, 0.15) is 53.9 Å². The van der Waals surface area contributed by atoms with Crippen LogP contribution in [-0.4, -0.2) is 37.6 Å². The second-order valence-electron chi connectivity index (χ2n) is 9.25. The van der Waals surface area contributed by atoms with Crippen LogP contribution in [0.5, 0.6) is 0 Å². The van der Waals surface area contributed by atoms with E-state index in [2.05, 4.69) is 70.1 Å². The van der Waals surface area contributed by atoms with E-state index in [-0.39, 0.29) is 0 Å². The summed E-state index contributed by atoms with van der Waals surface area (Å²) in [5.74, 6) is 0.696. The van der Waals surface area contributed by atoms with Crippen molar-refractivity contribution in [1.82, 2.24) is 10.2 Å². The quantitative estimate of drug-likeness (QED) is 0.781. The summed E-state index contributed by atoms with van der Waals surface area (Å²) in [6.07, 6.45) is 11.1. The molecule has 0 aromatic carbocycles. The first-order chi connectivity index (χ1) is 10.2. The van der Waals surface area contributed by atoms with Crippen molar-refractivity contribution in [3.63, 3.8) is 0 Å². The van der Waals surface area contributed by atoms with Gasteiger partial charge >= 0.3 is 0 Å². The molecule has 2 atom stereocenters. The molecule has 0 radical (unpaired) electrons. The fourth-order valence-electron chi connectivity index (χ4n) is 3.86. The van der Waals surface area contributed by atoms with Gasteiger partial charge in [-0.25, -0.2) is 0 Å². The molecule has 2 aliphatic rings. The second-order valence-corrected chi connectivity index (χ2v) is 9.25. The number of hydrogen-bond donors (Lipinski definition) is 1. The first-order valence-corrected chi connectivity index (χ1v) is 8.95. The molecule has 2 unspecified atom stereocenters. The van der Waals surface area contributed by atoms with E-state index in [0.29, 0.717) is 22.8 Å². The lowest BCUT2D eigenvalue weighted by Crippen LogP contribution is -2.40. The van der Waals surface area contributed by atoms with Crippen LogP contribution in [0.15, 0.2) is 23.8 Å². The minimum Gasteiger partial charge on any atom is -0.310 e. The van der Waals surface area contributed by atoms with Gasteiger partial charge in [-0.15, -0.1) is 0 Å². The van der Waals surface area contributed by atoms with Gasteiger partial charge in [0, 0.05) is 25.7 Å². The third-order valence-corrected chi connectivity index (χ3v) is 5.14. The Balaban J connectivity index is 1.90. The number of hydrogen-bond acceptors (Lipinski definition) is 2. The zero-order chi connectivity index (χ0) is 16.4. The highest BCUT2D eigenvalue weighted by atomic mass is 15.1. The zero-order valence-corrected chi connectivity index (χ0v) is 15.6. The Bertz CT molecular complexity index is 425. The van der Waals surface area contributed by atoms with Crippen molar-refractivity contribution in [2.45, 2.75) is 59.9 Å². The van der Waals surface area contributed by atoms with Crippen LogP contribution in [-0.2, 0) is 0 Å². The van der Waals surface area contributed by atoms with Crippen LogP contribution in [0.3, 0.4) is 0 Å². The summed E-state index contributed by atoms with van der Waals surface area (Å²) in [4.78, 5) is 2.40. The predicted octanol–water partition coefficient (Wildman–Crippen LogP) is 4.25. The largest absolute Gasteiger partial charge is 0.310 e. The van der Waals surface area contributed by atoms with E-state index < -0.39 is 0 Å². The summed E-state index contributed by atoms with van der Waals surface area (Å²) in [5, 5.41) is 3.77. The van der Waals surface area contributed by atoms with Crippen molar-refractivity contribution in [1.29, 1.82) is 0 Å². The first-order valence-electron chi connectivity index (χ1n) is 8.95. The number of nitrogens with one attached hydrogen (secondary N) is 1. The summed E-state index contributed by atoms with van der Waals surface area (Å²) in [5.41, 5.74) is 2.37. The number of nitrogens with zero attached hydrogens (tertiary/aromatic N) is 1. The van der Waals surface area contributed by atoms with Crippen molar-refractivity contribution in [2.24, 2.45) is 16.7 Å². The van der Waals surface area contributed by atoms with Crippen molar-refractivity contribution in [3.8, 4) is 0 Å². The van der Waals surface area contributed by atoms with Gasteiger partial charge in [-0.1, -0.05) is 58.4 Å². The van der Waals surface area contributed by atoms with Crippen LogP contribution >= 0.6 is 0 Å². The third-order valence-electron chi connectivity index (χ3n) is 5.14. The van der Waals surface area contributed by atoms with Crippen molar-refractivity contribution < 1.29 is 0 Å². The predicted molar refractivity (Wildman–Crippen MR) is 97.1 cm³/mol. The highest BCUT2D eigenvalue weighted by molar-refractivity contribution is 5.18. The second kappa shape index (κ2) is 6.88. The lowest BCUT2D eigenvalue weighted by Gasteiger charge is -2.37. The molecule has 0 saturated carbocycles. The van der Waals surface area contributed by atoms with Gasteiger partial charge in [-0.2, -0.15) is 0 Å². The van der Waals surface area contributed by atoms with Gasteiger partial charge in [0.15, 0.2) is 0 Å². The molecule has 0 amide bonds. The Hall–Kier alpha value is -0.600. The van der Waals surface area contributed by atoms with E-state index in [1.807, 2.05) is 0 Å². The van der Waals surface area contributed by atoms with Crippen LogP contribution in [0.2, 0.25) is 0 Å². The molecule has 1 N–H and O–H groups in total. The normalized spacial score (nSPS) is 27.8. The van der Waals surface area contributed by atoms with Gasteiger partial charge in [-0.3, -0.25) is 0 Å². The van der Waals surface area contributed by atoms with Gasteiger partial charge in [0.2, 0.25) is 0 Å². The molecule has 0 aromatic heterocycles. The van der Waals surface area contributed by atoms with Gasteiger partial charge in [-0.05, 0) is 43.1 Å². The number of rotatable bonds is 4. The van der Waals surface area contributed by atoms with Gasteiger partial charge in [0.1, 0.15) is 0 Å². The topological polar surface area (TPSA) is 15.3 Å². The van der Waals surface area contributed by atoms with Crippen LogP contribution in [0.25, 0.3) is 0 Å². The third kappa shape index (κ3) is 5.24. The van der Waals surface area contributed by atoms with Crippen LogP contribution in [0.4, 0.5) is 0 Å². The Labute approximate surface area is 138 Å². The van der Waals surface area contributed by atoms with Gasteiger partial charge < -0.3 is 10.2 Å². The summed E-state index contributed by atoms with van der Waals surface area (Å²) < 4.78 is 0. The zero-order valence-electron chi connectivity index (χ0n) is 15.6. The standard InChI is InChI=1S/C20H36N2/c1-19(2,3)13-16-7-8-18(21-15-16)14-20(4,5)17-9-11-22(6)12-10-17/h7-9,16,18,21H,10-15H2,1-6H3. The molecule has 0 spiro atoms. The Kier molecular flexibility index (Phi) is 5.55. The maximum atomic E-state index is 3.77. The van der Waals surface area contributed by atoms with Crippen molar-refractivity contribution >= 4 is 0 Å². The summed E-state index contributed by atoms with van der Waals surface area (Å²) in [7, 11) is 2.21. The van der Waals surface area contributed by atoms with E-state index in [1.54, 1.807) is 5.57 Å². The molecule has 0 fully saturated rings. The molecule has 126 valence electrons. The number of likely N-dealkylation sites (N-methyl/N-ethyl adjacent to an activating group) is 1. The summed E-state index contributed by atoms with van der Waals surface area (Å²) in [6, 6.07) is 0.534. The molecule has 0 aromatic rings. The molecule has 0 saturated heterocycles. The summed E-state index contributed by atoms with van der Waals surface area (Å²) >= 11 is 0. The molecule has 2 aliphatic heterocycles. The van der Waals surface area contributed by atoms with E-state index in [9.17, 15) is 0 Å². The highest BCUT2D eigenvalue weighted by Crippen LogP contribution is 2.36. The minimum atomic E-state index is 0.306. The molecule has 2 nitrogen and oxygen atoms in total. The lowest BCUT2D eigenvalue weighted by molar-refractivity contribution is 0.277. The van der Waals surface area contributed by atoms with Gasteiger partial charge in [0.25, 0.3) is 0 Å². The van der Waals surface area contributed by atoms with Crippen molar-refractivity contribution in [2.75, 3.05) is 26.7 Å². The molecule has 2 heteroatoms. The Morgan fingerprint density at radius 3 is 2.36 bits per heavy atom. The van der Waals surface area contributed by atoms with E-state index in [1.165, 1.54) is 25.8 Å². The van der Waals surface area contributed by atoms with E-state index >= 15 is 0 Å². The Morgan fingerprint density at radius 1 is 1.14 bits per heavy atom. The Morgan fingerprint density at radius 2 is 1.86 bits per heavy atom. The smallest absolute Gasteiger partial charge is 0.0258 e. The first kappa shape index (κ1) is 17.7. The molecule has 2 rings (SSSR count). The molecular formula is C20H36N2. The van der Waals surface area contributed by atoms with Crippen LogP contribution < -0.4 is 5.32 Å². The SMILES string of the molecule is CN1CC=C(C(C)(C)CC2C=CC(CC(C)(C)C)CN2)CC1. The molecule has 22 heavy (non-hydrogen) atoms. The maximum Gasteiger partial charge on any atom is 0.0258 e. The lowest BCUT2D eigenvalue weighted by atomic mass is 9.75. The average Bonchev–Trinajstić information content (AvgIpc) is 2.39. The average molecular weight is 305 g/mol. The molecule has 0 aliphatic carbocycles. The minimum absolute atomic E-state index is 0.306. The maximum absolute atomic E-state index is 3.77. The highest BCUT2D eigenvalue weighted by Gasteiger charge is 2.29. The molecule has 2 heterocycles. The summed E-state index contributed by atoms with van der Waals surface area (Å²) in [6.45, 7) is 15.3. The van der Waals surface area contributed by atoms with Crippen molar-refractivity contribution in [3.05, 3.63) is 23.8 Å². The fourth-order valence-corrected chi connectivity index (χ4v) is 3.86. The molecular weight excluding hydrogens is 268 g/mol. The monoisotopic (exact) mass is 304 g/mol. The van der Waals surface area contributed by atoms with E-state index in [0.717, 1.165) is 13.1 Å². The van der Waals surface area contributed by atoms with E-state index in [4.69, 9.17) is 0 Å². The van der Waals surface area contributed by atoms with Gasteiger partial charge in [0.05, 0.1) is 0 Å². The fraction of sp³-hybridized carbons (Fsp3) is 0.800.